The number of amides is 1. The molecule has 1 aromatic rings. The van der Waals surface area contributed by atoms with Crippen LogP contribution >= 0.6 is 0 Å². The van der Waals surface area contributed by atoms with Crippen molar-refractivity contribution in [3.63, 3.8) is 0 Å². The van der Waals surface area contributed by atoms with E-state index in [0.717, 1.165) is 5.69 Å². The van der Waals surface area contributed by atoms with Crippen LogP contribution in [0.15, 0.2) is 18.3 Å². The van der Waals surface area contributed by atoms with Crippen molar-refractivity contribution in [2.45, 2.75) is 23.8 Å². The van der Waals surface area contributed by atoms with Gasteiger partial charge in [-0.15, -0.1) is 0 Å². The maximum atomic E-state index is 12.0. The Morgan fingerprint density at radius 3 is 2.90 bits per heavy atom. The second-order valence-electron chi connectivity index (χ2n) is 4.33. The van der Waals surface area contributed by atoms with Gasteiger partial charge in [0.1, 0.15) is 0 Å². The van der Waals surface area contributed by atoms with Crippen LogP contribution in [0, 0.1) is 11.3 Å². The molecule has 0 spiro atoms. The van der Waals surface area contributed by atoms with Crippen LogP contribution in [0.3, 0.4) is 0 Å². The van der Waals surface area contributed by atoms with E-state index >= 15 is 0 Å². The molecule has 7 heteroatoms. The standard InChI is InChI=1S/C14H18AsN3O3/c1-2-18(7-3-5-16)13(19)10-15-9-12-8-11(14(20)21)4-6-17-12/h4,6,8,15H,2-3,7,9-10H2,1H3,(H,20,21). The molecule has 1 aromatic heterocycles. The summed E-state index contributed by atoms with van der Waals surface area (Å²) in [6.45, 7) is 2.98. The van der Waals surface area contributed by atoms with E-state index in [-0.39, 0.29) is 11.5 Å². The molecule has 0 fully saturated rings. The van der Waals surface area contributed by atoms with Gasteiger partial charge in [0.25, 0.3) is 0 Å². The van der Waals surface area contributed by atoms with Crippen LogP contribution in [0.25, 0.3) is 0 Å². The van der Waals surface area contributed by atoms with Gasteiger partial charge in [0, 0.05) is 0 Å². The fourth-order valence-corrected chi connectivity index (χ4v) is 3.88. The second kappa shape index (κ2) is 9.14. The van der Waals surface area contributed by atoms with Crippen molar-refractivity contribution in [3.8, 4) is 6.07 Å². The number of aromatic nitrogens is 1. The number of carboxylic acids is 1. The number of aromatic carboxylic acids is 1. The molecule has 1 unspecified atom stereocenters. The number of pyridine rings is 1. The zero-order chi connectivity index (χ0) is 15.7. The minimum atomic E-state index is -0.969. The summed E-state index contributed by atoms with van der Waals surface area (Å²) >= 11 is -0.551. The third kappa shape index (κ3) is 5.97. The molecular weight excluding hydrogens is 333 g/mol. The predicted molar refractivity (Wildman–Crippen MR) is 79.3 cm³/mol. The number of carbonyl (C=O) groups is 2. The van der Waals surface area contributed by atoms with E-state index in [4.69, 9.17) is 10.4 Å². The van der Waals surface area contributed by atoms with Crippen molar-refractivity contribution in [2.24, 2.45) is 0 Å². The van der Waals surface area contributed by atoms with Gasteiger partial charge in [-0.25, -0.2) is 0 Å². The van der Waals surface area contributed by atoms with Gasteiger partial charge in [-0.2, -0.15) is 0 Å². The first-order valence-corrected chi connectivity index (χ1v) is 9.58. The van der Waals surface area contributed by atoms with Gasteiger partial charge in [0.05, 0.1) is 0 Å². The van der Waals surface area contributed by atoms with Gasteiger partial charge in [-0.1, -0.05) is 0 Å². The summed E-state index contributed by atoms with van der Waals surface area (Å²) < 4.78 is 0. The number of rotatable bonds is 8. The molecule has 112 valence electrons. The predicted octanol–water partition coefficient (Wildman–Crippen LogP) is 0.897. The average Bonchev–Trinajstić information content (AvgIpc) is 2.48. The van der Waals surface area contributed by atoms with Crippen LogP contribution in [0.2, 0.25) is 5.21 Å². The number of hydrogen-bond donors (Lipinski definition) is 1. The van der Waals surface area contributed by atoms with Crippen molar-refractivity contribution >= 4 is 27.6 Å². The summed E-state index contributed by atoms with van der Waals surface area (Å²) in [5.41, 5.74) is 0.949. The molecule has 0 radical (unpaired) electrons. The Morgan fingerprint density at radius 1 is 1.52 bits per heavy atom. The molecule has 1 heterocycles. The number of hydrogen-bond acceptors (Lipinski definition) is 4. The van der Waals surface area contributed by atoms with E-state index < -0.39 is 21.7 Å². The Bertz CT molecular complexity index is 543. The first kappa shape index (κ1) is 17.2. The van der Waals surface area contributed by atoms with E-state index in [2.05, 4.69) is 4.98 Å². The molecule has 1 atom stereocenters. The van der Waals surface area contributed by atoms with Crippen molar-refractivity contribution in [3.05, 3.63) is 29.6 Å². The molecule has 0 aliphatic heterocycles. The zero-order valence-corrected chi connectivity index (χ0v) is 14.0. The molecule has 1 amide bonds. The number of carbonyl (C=O) groups excluding carboxylic acids is 1. The third-order valence-electron chi connectivity index (χ3n) is 2.87. The SMILES string of the molecule is CCN(CCC#N)C(=O)C[AsH]Cc1cc(C(=O)O)ccn1. The van der Waals surface area contributed by atoms with Crippen LogP contribution in [0.1, 0.15) is 29.4 Å². The molecule has 0 aliphatic rings. The van der Waals surface area contributed by atoms with Gasteiger partial charge in [0.2, 0.25) is 0 Å². The van der Waals surface area contributed by atoms with Crippen LogP contribution < -0.4 is 0 Å². The van der Waals surface area contributed by atoms with Crippen LogP contribution in [0.4, 0.5) is 0 Å². The fraction of sp³-hybridized carbons (Fsp3) is 0.429. The fourth-order valence-electron chi connectivity index (χ4n) is 1.76. The van der Waals surface area contributed by atoms with Crippen molar-refractivity contribution in [2.75, 3.05) is 13.1 Å². The normalized spacial score (nSPS) is 10.5. The Balaban J connectivity index is 2.45. The van der Waals surface area contributed by atoms with Gasteiger partial charge in [-0.05, 0) is 0 Å². The molecule has 0 bridgehead atoms. The van der Waals surface area contributed by atoms with Crippen molar-refractivity contribution in [1.82, 2.24) is 9.88 Å². The molecule has 0 aliphatic carbocycles. The molecule has 0 saturated carbocycles. The topological polar surface area (TPSA) is 94.3 Å². The quantitative estimate of drug-likeness (QED) is 0.702. The number of nitrogens with zero attached hydrogens (tertiary/aromatic N) is 3. The van der Waals surface area contributed by atoms with Crippen LogP contribution in [0.5, 0.6) is 0 Å². The first-order chi connectivity index (χ1) is 10.1. The Hall–Kier alpha value is -1.86. The van der Waals surface area contributed by atoms with Crippen molar-refractivity contribution in [1.29, 1.82) is 5.26 Å². The number of nitriles is 1. The van der Waals surface area contributed by atoms with Gasteiger partial charge < -0.3 is 0 Å². The van der Waals surface area contributed by atoms with Gasteiger partial charge in [0.15, 0.2) is 0 Å². The molecular formula is C14H18AsN3O3. The maximum absolute atomic E-state index is 12.0. The summed E-state index contributed by atoms with van der Waals surface area (Å²) in [5.74, 6) is -0.898. The second-order valence-corrected chi connectivity index (χ2v) is 6.86. The molecule has 1 N–H and O–H groups in total. The minimum absolute atomic E-state index is 0.0714. The Labute approximate surface area is 130 Å². The molecule has 1 rings (SSSR count). The van der Waals surface area contributed by atoms with E-state index in [1.54, 1.807) is 11.0 Å². The molecule has 21 heavy (non-hydrogen) atoms. The zero-order valence-electron chi connectivity index (χ0n) is 11.9. The van der Waals surface area contributed by atoms with Gasteiger partial charge in [-0.3, -0.25) is 0 Å². The Kier molecular flexibility index (Phi) is 7.49. The molecule has 6 nitrogen and oxygen atoms in total. The summed E-state index contributed by atoms with van der Waals surface area (Å²) in [6, 6.07) is 5.05. The Morgan fingerprint density at radius 2 is 2.29 bits per heavy atom. The van der Waals surface area contributed by atoms with E-state index in [9.17, 15) is 9.59 Å². The van der Waals surface area contributed by atoms with Crippen LogP contribution in [-0.4, -0.2) is 55.7 Å². The van der Waals surface area contributed by atoms with Crippen molar-refractivity contribution < 1.29 is 14.7 Å². The van der Waals surface area contributed by atoms with E-state index in [1.807, 2.05) is 13.0 Å². The van der Waals surface area contributed by atoms with Crippen LogP contribution in [-0.2, 0) is 10.0 Å². The third-order valence-corrected chi connectivity index (χ3v) is 5.32. The first-order valence-electron chi connectivity index (χ1n) is 6.62. The summed E-state index contributed by atoms with van der Waals surface area (Å²) in [5, 5.41) is 18.6. The summed E-state index contributed by atoms with van der Waals surface area (Å²) in [7, 11) is 0. The number of carboxylic acid groups (broad SMARTS) is 1. The summed E-state index contributed by atoms with van der Waals surface area (Å²) in [4.78, 5) is 28.7. The summed E-state index contributed by atoms with van der Waals surface area (Å²) in [6.07, 6.45) is 1.83. The molecule has 0 aromatic carbocycles. The van der Waals surface area contributed by atoms with E-state index in [0.29, 0.717) is 29.9 Å². The monoisotopic (exact) mass is 351 g/mol. The van der Waals surface area contributed by atoms with E-state index in [1.165, 1.54) is 12.3 Å². The average molecular weight is 351 g/mol. The molecule has 0 saturated heterocycles. The van der Waals surface area contributed by atoms with Gasteiger partial charge >= 0.3 is 130 Å².